The highest BCUT2D eigenvalue weighted by molar-refractivity contribution is 6.09. The minimum atomic E-state index is 0.0691. The first-order valence-corrected chi connectivity index (χ1v) is 49.2. The molecule has 0 N–H and O–H groups in total. The van der Waals surface area contributed by atoms with Crippen LogP contribution in [0.4, 0.5) is 0 Å². The summed E-state index contributed by atoms with van der Waals surface area (Å²) in [6.07, 6.45) is 14.0. The Bertz CT molecular complexity index is 9210. The number of pyridine rings is 2. The summed E-state index contributed by atoms with van der Waals surface area (Å²) in [4.78, 5) is 29.9. The van der Waals surface area contributed by atoms with Gasteiger partial charge in [0.15, 0.2) is 11.8 Å². The van der Waals surface area contributed by atoms with Gasteiger partial charge in [-0.25, -0.2) is 24.5 Å². The van der Waals surface area contributed by atoms with Crippen molar-refractivity contribution in [1.82, 2.24) is 29.9 Å². The fourth-order valence-electron chi connectivity index (χ4n) is 26.4. The van der Waals surface area contributed by atoms with Crippen molar-refractivity contribution in [2.45, 2.75) is 110 Å². The highest BCUT2D eigenvalue weighted by Gasteiger charge is 2.54. The monoisotopic (exact) mass is 1810 g/mol. The summed E-state index contributed by atoms with van der Waals surface area (Å²) in [7, 11) is 8.84. The smallest absolute Gasteiger partial charge is 0.235 e. The van der Waals surface area contributed by atoms with Crippen molar-refractivity contribution >= 4 is 65.2 Å². The van der Waals surface area contributed by atoms with E-state index in [2.05, 4.69) is 417 Å². The molecule has 34 rings (SSSR count). The molecule has 670 valence electrons. The Balaban J connectivity index is 0.0000000940. The van der Waals surface area contributed by atoms with Crippen molar-refractivity contribution in [2.75, 3.05) is 0 Å². The Morgan fingerprint density at radius 3 is 1.04 bits per heavy atom. The molecule has 0 spiro atoms. The maximum absolute atomic E-state index is 6.39. The first-order chi connectivity index (χ1) is 68.4. The second-order valence-electron chi connectivity index (χ2n) is 40.4. The molecule has 0 saturated carbocycles. The van der Waals surface area contributed by atoms with E-state index in [1.807, 2.05) is 24.7 Å². The summed E-state index contributed by atoms with van der Waals surface area (Å²) in [6, 6.07) is 107. The molecule has 15 aromatic carbocycles. The van der Waals surface area contributed by atoms with Gasteiger partial charge in [0, 0.05) is 46.1 Å². The summed E-state index contributed by atoms with van der Waals surface area (Å²) in [5, 5.41) is 12.5. The van der Waals surface area contributed by atoms with Crippen LogP contribution in [0.25, 0.3) is 110 Å². The van der Waals surface area contributed by atoms with Crippen molar-refractivity contribution in [3.05, 3.63) is 519 Å². The Morgan fingerprint density at radius 1 is 0.250 bits per heavy atom. The van der Waals surface area contributed by atoms with E-state index in [1.54, 1.807) is 6.20 Å². The standard InChI is InChI=1S/C35H24N3O.C32H28N3.C32H27N2.C30H23N2/c1-19-13-14-24-25-12-7-15-36-35(25)39-34(24)29(19)28-18-37-32-30-22-10-5-6-11-23(22)31(33(32)38(28)2)27-17-21-9-4-3-8-20(21)16-26(27)30;1-17-12-18(2)20(4)23(13-17)32-29-26(19(3)16-35(32)5)27-24-14-21-8-6-7-9-22(21)15-25(24)28(29)31-30(27)33-10-11-34-31;1-18-13-19(2)20(3)25(14-18)28-17-33-31-29-23-11-7-8-12-24(23)30(32(31)34(28)4)27-16-22-10-6-5-9-21(22)15-26(27)29;1-18-9-3-6-12-21(18)26-17-31-29-27-22-13-7-8-14-23(22)28(30(29)32(26)2)25-16-20-11-5-4-10-19(20)15-24(25)27/h3-18,30-31H,1-2H3;6-16,27-28H,1-5H3;5-17,29-30H,1-4H3;3-17,27-28H,1-2H3/q4*+1. The summed E-state index contributed by atoms with van der Waals surface area (Å²) in [6.45, 7) is 19.9. The molecule has 0 radical (unpaired) electrons. The zero-order valence-corrected chi connectivity index (χ0v) is 80.8. The lowest BCUT2D eigenvalue weighted by molar-refractivity contribution is -0.670. The molecule has 22 aromatic rings. The van der Waals surface area contributed by atoms with E-state index in [9.17, 15) is 0 Å². The lowest BCUT2D eigenvalue weighted by atomic mass is 9.62. The van der Waals surface area contributed by atoms with Crippen LogP contribution in [0.2, 0.25) is 0 Å². The third-order valence-corrected chi connectivity index (χ3v) is 32.8. The molecule has 11 nitrogen and oxygen atoms in total. The number of hydrogen-bond acceptors (Lipinski definition) is 7. The molecule has 0 amide bonds. The summed E-state index contributed by atoms with van der Waals surface area (Å²) in [5.41, 5.74) is 55.1. The van der Waals surface area contributed by atoms with Crippen LogP contribution in [-0.2, 0) is 28.2 Å². The van der Waals surface area contributed by atoms with Gasteiger partial charge in [-0.1, -0.05) is 223 Å². The Labute approximate surface area is 814 Å². The van der Waals surface area contributed by atoms with Crippen molar-refractivity contribution in [3.8, 4) is 45.0 Å². The number of furan rings is 1. The predicted molar refractivity (Wildman–Crippen MR) is 558 cm³/mol. The van der Waals surface area contributed by atoms with Gasteiger partial charge in [0.2, 0.25) is 45.6 Å². The molecule has 7 heterocycles. The molecule has 8 unspecified atom stereocenters. The minimum absolute atomic E-state index is 0.0691. The van der Waals surface area contributed by atoms with Gasteiger partial charge >= 0.3 is 0 Å². The minimum Gasteiger partial charge on any atom is -0.437 e. The molecule has 0 saturated heterocycles. The van der Waals surface area contributed by atoms with Crippen LogP contribution in [0.5, 0.6) is 0 Å². The van der Waals surface area contributed by atoms with Crippen LogP contribution in [0, 0.1) is 62.3 Å². The van der Waals surface area contributed by atoms with Gasteiger partial charge in [-0.05, 0) is 301 Å². The average Bonchev–Trinajstić information content (AvgIpc) is 0.703. The highest BCUT2D eigenvalue weighted by atomic mass is 16.3. The zero-order valence-electron chi connectivity index (χ0n) is 80.8. The molecular formula is C129H102N10O+4. The van der Waals surface area contributed by atoms with Crippen LogP contribution in [0.3, 0.4) is 0 Å². The van der Waals surface area contributed by atoms with Crippen LogP contribution in [0.1, 0.15) is 232 Å². The SMILES string of the molecule is Cc1cc(C)c(C)c(-c2c3c(c(C)c[n+]2C)C2c4cc5ccccc5cc4C3c3nccnc32)c1.Cc1cc(C)c(C)c(-c2cnc3c([n+]2C)C2c4ccccc4C3c3cc4ccccc4cc32)c1.Cc1ccc2c(oc3ncccc32)c1-c1cnc2c([n+]1C)C1c3ccccc3C2c2cc3ccccc3cc21.Cc1ccccc1-c1cnc2c([n+]1C)C1c3ccccc3C2c2cc3ccccc3cc21. The number of benzene rings is 15. The van der Waals surface area contributed by atoms with E-state index in [-0.39, 0.29) is 47.3 Å². The molecule has 0 fully saturated rings. The van der Waals surface area contributed by atoms with E-state index in [4.69, 9.17) is 29.3 Å². The third kappa shape index (κ3) is 12.2. The van der Waals surface area contributed by atoms with Crippen molar-refractivity contribution in [3.63, 3.8) is 0 Å². The maximum Gasteiger partial charge on any atom is 0.235 e. The van der Waals surface area contributed by atoms with E-state index in [0.29, 0.717) is 5.71 Å². The molecule has 12 aliphatic rings. The molecular weight excluding hydrogens is 1710 g/mol. The molecule has 140 heavy (non-hydrogen) atoms. The molecule has 7 aromatic heterocycles. The van der Waals surface area contributed by atoms with Gasteiger partial charge in [-0.15, -0.1) is 0 Å². The summed E-state index contributed by atoms with van der Waals surface area (Å²) in [5.74, 6) is 1.17. The van der Waals surface area contributed by atoms with Gasteiger partial charge in [-0.3, -0.25) is 9.97 Å². The first-order valence-electron chi connectivity index (χ1n) is 49.2. The topological polar surface area (TPSA) is 106 Å². The van der Waals surface area contributed by atoms with Gasteiger partial charge in [0.1, 0.15) is 45.3 Å². The largest absolute Gasteiger partial charge is 0.437 e. The molecule has 11 heteroatoms. The van der Waals surface area contributed by atoms with Gasteiger partial charge in [-0.2, -0.15) is 13.7 Å². The molecule has 8 bridgehead atoms. The van der Waals surface area contributed by atoms with Crippen LogP contribution < -0.4 is 18.3 Å². The predicted octanol–water partition coefficient (Wildman–Crippen LogP) is 26.3. The molecule has 12 aliphatic carbocycles. The number of aromatic nitrogens is 10. The van der Waals surface area contributed by atoms with Crippen molar-refractivity contribution < 1.29 is 22.7 Å². The Kier molecular flexibility index (Phi) is 18.6. The third-order valence-electron chi connectivity index (χ3n) is 32.8. The lowest BCUT2D eigenvalue weighted by Crippen LogP contribution is -2.45. The van der Waals surface area contributed by atoms with Crippen LogP contribution in [0.15, 0.2) is 339 Å². The van der Waals surface area contributed by atoms with Crippen molar-refractivity contribution in [1.29, 1.82) is 0 Å². The number of hydrogen-bond donors (Lipinski definition) is 0. The highest BCUT2D eigenvalue weighted by Crippen LogP contribution is 2.62. The fraction of sp³-hybridized carbons (Fsp3) is 0.163. The van der Waals surface area contributed by atoms with E-state index < -0.39 is 0 Å². The van der Waals surface area contributed by atoms with E-state index in [0.717, 1.165) is 50.3 Å². The number of fused-ring (bicyclic) bond motifs is 7. The second kappa shape index (κ2) is 31.4. The van der Waals surface area contributed by atoms with Crippen LogP contribution >= 0.6 is 0 Å². The quantitative estimate of drug-likeness (QED) is 0.162. The van der Waals surface area contributed by atoms with Gasteiger partial charge in [0.05, 0.1) is 94.0 Å². The first kappa shape index (κ1) is 83.2. The Morgan fingerprint density at radius 2 is 0.607 bits per heavy atom. The summed E-state index contributed by atoms with van der Waals surface area (Å²) >= 11 is 0. The fourth-order valence-corrected chi connectivity index (χ4v) is 26.4. The second-order valence-corrected chi connectivity index (χ2v) is 40.4. The van der Waals surface area contributed by atoms with Gasteiger partial charge in [0.25, 0.3) is 0 Å². The average molecular weight is 1810 g/mol. The molecule has 0 aliphatic heterocycles. The van der Waals surface area contributed by atoms with E-state index >= 15 is 0 Å². The number of aryl methyl sites for hydroxylation is 8. The summed E-state index contributed by atoms with van der Waals surface area (Å²) < 4.78 is 15.9. The Hall–Kier alpha value is -16.2. The van der Waals surface area contributed by atoms with Crippen LogP contribution in [-0.4, -0.2) is 29.9 Å². The maximum atomic E-state index is 6.39. The lowest BCUT2D eigenvalue weighted by Gasteiger charge is -2.41. The number of nitrogens with zero attached hydrogens (tertiary/aromatic N) is 10. The van der Waals surface area contributed by atoms with E-state index in [1.165, 1.54) is 239 Å². The normalized spacial score (nSPS) is 17.3. The molecule has 8 atom stereocenters. The zero-order chi connectivity index (χ0) is 94.4. The van der Waals surface area contributed by atoms with Crippen molar-refractivity contribution in [2.24, 2.45) is 28.2 Å². The van der Waals surface area contributed by atoms with Gasteiger partial charge < -0.3 is 4.42 Å². The number of rotatable bonds is 4.